The molecule has 0 saturated carbocycles. The van der Waals surface area contributed by atoms with Gasteiger partial charge in [-0.15, -0.1) is 11.8 Å². The van der Waals surface area contributed by atoms with Gasteiger partial charge in [0.2, 0.25) is 5.91 Å². The van der Waals surface area contributed by atoms with E-state index in [9.17, 15) is 4.79 Å². The second-order valence-corrected chi connectivity index (χ2v) is 7.73. The van der Waals surface area contributed by atoms with Gasteiger partial charge in [0.25, 0.3) is 0 Å². The Morgan fingerprint density at radius 3 is 2.31 bits per heavy atom. The minimum absolute atomic E-state index is 0.0167. The van der Waals surface area contributed by atoms with Crippen LogP contribution in [-0.4, -0.2) is 5.91 Å². The van der Waals surface area contributed by atoms with Crippen molar-refractivity contribution in [2.45, 2.75) is 29.4 Å². The van der Waals surface area contributed by atoms with Crippen LogP contribution < -0.4 is 5.32 Å². The monoisotopic (exact) mass is 359 g/mol. The van der Waals surface area contributed by atoms with Crippen molar-refractivity contribution in [3.8, 4) is 0 Å². The summed E-state index contributed by atoms with van der Waals surface area (Å²) in [6, 6.07) is 26.4. The number of benzene rings is 3. The normalized spacial score (nSPS) is 13.8. The Balaban J connectivity index is 1.57. The number of rotatable bonds is 5. The van der Waals surface area contributed by atoms with Crippen molar-refractivity contribution in [3.05, 3.63) is 95.6 Å². The highest BCUT2D eigenvalue weighted by Crippen LogP contribution is 2.36. The van der Waals surface area contributed by atoms with E-state index in [4.69, 9.17) is 0 Å². The lowest BCUT2D eigenvalue weighted by atomic mass is 10.1. The number of thioether (sulfide) groups is 1. The standard InChI is InChI=1S/C23H21NOS/c25-23(24-20-15-14-17-10-7-11-19(17)16-20)22(18-8-3-1-4-9-18)26-21-12-5-2-6-13-21/h1-6,8-9,12-16,22H,7,10-11H2,(H,24,25). The van der Waals surface area contributed by atoms with Crippen LogP contribution in [0.4, 0.5) is 5.69 Å². The lowest BCUT2D eigenvalue weighted by Gasteiger charge is -2.17. The summed E-state index contributed by atoms with van der Waals surface area (Å²) in [6.45, 7) is 0. The molecule has 3 aromatic rings. The summed E-state index contributed by atoms with van der Waals surface area (Å²) in [7, 11) is 0. The first-order valence-corrected chi connectivity index (χ1v) is 9.87. The van der Waals surface area contributed by atoms with Crippen LogP contribution in [0.2, 0.25) is 0 Å². The van der Waals surface area contributed by atoms with Crippen molar-refractivity contribution >= 4 is 23.4 Å². The number of carbonyl (C=O) groups is 1. The smallest absolute Gasteiger partial charge is 0.242 e. The molecule has 0 fully saturated rings. The molecule has 0 aromatic heterocycles. The summed E-state index contributed by atoms with van der Waals surface area (Å²) >= 11 is 1.58. The average Bonchev–Trinajstić information content (AvgIpc) is 3.15. The van der Waals surface area contributed by atoms with Gasteiger partial charge in [-0.1, -0.05) is 54.6 Å². The van der Waals surface area contributed by atoms with Crippen LogP contribution >= 0.6 is 11.8 Å². The van der Waals surface area contributed by atoms with E-state index in [1.807, 2.05) is 66.7 Å². The Bertz CT molecular complexity index is 893. The Labute approximate surface area is 158 Å². The second-order valence-electron chi connectivity index (χ2n) is 6.55. The molecule has 130 valence electrons. The molecule has 0 aliphatic heterocycles. The molecule has 0 heterocycles. The first-order valence-electron chi connectivity index (χ1n) is 8.99. The van der Waals surface area contributed by atoms with Crippen LogP contribution in [0.25, 0.3) is 0 Å². The predicted molar refractivity (Wildman–Crippen MR) is 109 cm³/mol. The van der Waals surface area contributed by atoms with Gasteiger partial charge in [-0.2, -0.15) is 0 Å². The van der Waals surface area contributed by atoms with Crippen LogP contribution in [0.5, 0.6) is 0 Å². The molecule has 1 aliphatic carbocycles. The first-order chi connectivity index (χ1) is 12.8. The molecule has 3 heteroatoms. The summed E-state index contributed by atoms with van der Waals surface area (Å²) < 4.78 is 0. The zero-order chi connectivity index (χ0) is 17.8. The fourth-order valence-corrected chi connectivity index (χ4v) is 4.44. The van der Waals surface area contributed by atoms with Gasteiger partial charge in [-0.05, 0) is 60.2 Å². The molecule has 26 heavy (non-hydrogen) atoms. The van der Waals surface area contributed by atoms with E-state index in [-0.39, 0.29) is 11.2 Å². The molecular weight excluding hydrogens is 338 g/mol. The number of nitrogens with one attached hydrogen (secondary N) is 1. The molecule has 0 spiro atoms. The molecule has 1 aliphatic rings. The highest BCUT2D eigenvalue weighted by Gasteiger charge is 2.22. The van der Waals surface area contributed by atoms with Gasteiger partial charge in [-0.25, -0.2) is 0 Å². The summed E-state index contributed by atoms with van der Waals surface area (Å²) in [4.78, 5) is 14.2. The number of carbonyl (C=O) groups excluding carboxylic acids is 1. The Hall–Kier alpha value is -2.52. The maximum atomic E-state index is 13.1. The van der Waals surface area contributed by atoms with Gasteiger partial charge < -0.3 is 5.32 Å². The zero-order valence-corrected chi connectivity index (χ0v) is 15.3. The van der Waals surface area contributed by atoms with Gasteiger partial charge in [0.15, 0.2) is 0 Å². The third kappa shape index (κ3) is 3.83. The lowest BCUT2D eigenvalue weighted by Crippen LogP contribution is -2.19. The minimum Gasteiger partial charge on any atom is -0.325 e. The third-order valence-electron chi connectivity index (χ3n) is 4.70. The molecule has 0 radical (unpaired) electrons. The summed E-state index contributed by atoms with van der Waals surface area (Å²) in [5.74, 6) is 0.0167. The molecule has 3 aromatic carbocycles. The molecule has 4 rings (SSSR count). The molecular formula is C23H21NOS. The minimum atomic E-state index is -0.285. The number of anilines is 1. The van der Waals surface area contributed by atoms with E-state index in [2.05, 4.69) is 17.4 Å². The fourth-order valence-electron chi connectivity index (χ4n) is 3.39. The van der Waals surface area contributed by atoms with Crippen LogP contribution in [0.15, 0.2) is 83.8 Å². The number of hydrogen-bond donors (Lipinski definition) is 1. The van der Waals surface area contributed by atoms with Gasteiger partial charge >= 0.3 is 0 Å². The van der Waals surface area contributed by atoms with Gasteiger partial charge in [0, 0.05) is 10.6 Å². The fraction of sp³-hybridized carbons (Fsp3) is 0.174. The number of hydrogen-bond acceptors (Lipinski definition) is 2. The van der Waals surface area contributed by atoms with E-state index >= 15 is 0 Å². The number of fused-ring (bicyclic) bond motifs is 1. The molecule has 1 N–H and O–H groups in total. The van der Waals surface area contributed by atoms with Crippen molar-refractivity contribution < 1.29 is 4.79 Å². The molecule has 0 bridgehead atoms. The molecule has 2 nitrogen and oxygen atoms in total. The van der Waals surface area contributed by atoms with E-state index in [1.165, 1.54) is 17.5 Å². The van der Waals surface area contributed by atoms with Gasteiger partial charge in [0.1, 0.15) is 5.25 Å². The van der Waals surface area contributed by atoms with Crippen LogP contribution in [0.1, 0.15) is 28.4 Å². The van der Waals surface area contributed by atoms with Crippen molar-refractivity contribution in [2.24, 2.45) is 0 Å². The van der Waals surface area contributed by atoms with Gasteiger partial charge in [0.05, 0.1) is 0 Å². The molecule has 1 atom stereocenters. The maximum absolute atomic E-state index is 13.1. The summed E-state index contributed by atoms with van der Waals surface area (Å²) in [5.41, 5.74) is 4.70. The second kappa shape index (κ2) is 7.79. The van der Waals surface area contributed by atoms with Crippen molar-refractivity contribution in [2.75, 3.05) is 5.32 Å². The number of aryl methyl sites for hydroxylation is 2. The van der Waals surface area contributed by atoms with E-state index in [0.29, 0.717) is 0 Å². The maximum Gasteiger partial charge on any atom is 0.242 e. The van der Waals surface area contributed by atoms with E-state index in [1.54, 1.807) is 11.8 Å². The van der Waals surface area contributed by atoms with Crippen molar-refractivity contribution in [3.63, 3.8) is 0 Å². The van der Waals surface area contributed by atoms with E-state index < -0.39 is 0 Å². The average molecular weight is 359 g/mol. The zero-order valence-electron chi connectivity index (χ0n) is 14.5. The van der Waals surface area contributed by atoms with Crippen LogP contribution in [-0.2, 0) is 17.6 Å². The quantitative estimate of drug-likeness (QED) is 0.597. The predicted octanol–water partition coefficient (Wildman–Crippen LogP) is 5.65. The Kier molecular flexibility index (Phi) is 5.07. The Morgan fingerprint density at radius 2 is 1.54 bits per heavy atom. The lowest BCUT2D eigenvalue weighted by molar-refractivity contribution is -0.115. The topological polar surface area (TPSA) is 29.1 Å². The largest absolute Gasteiger partial charge is 0.325 e. The highest BCUT2D eigenvalue weighted by molar-refractivity contribution is 8.00. The Morgan fingerprint density at radius 1 is 0.846 bits per heavy atom. The first kappa shape index (κ1) is 16.9. The van der Waals surface area contributed by atoms with Gasteiger partial charge in [-0.3, -0.25) is 4.79 Å². The van der Waals surface area contributed by atoms with Crippen LogP contribution in [0, 0.1) is 0 Å². The SMILES string of the molecule is O=C(Nc1ccc2c(c1)CCC2)C(Sc1ccccc1)c1ccccc1. The molecule has 0 saturated heterocycles. The third-order valence-corrected chi connectivity index (χ3v) is 5.97. The number of amides is 1. The van der Waals surface area contributed by atoms with Crippen molar-refractivity contribution in [1.82, 2.24) is 0 Å². The molecule has 1 unspecified atom stereocenters. The summed E-state index contributed by atoms with van der Waals surface area (Å²) in [5, 5.41) is 2.85. The van der Waals surface area contributed by atoms with Crippen molar-refractivity contribution in [1.29, 1.82) is 0 Å². The summed E-state index contributed by atoms with van der Waals surface area (Å²) in [6.07, 6.45) is 3.48. The molecule has 1 amide bonds. The van der Waals surface area contributed by atoms with E-state index in [0.717, 1.165) is 29.0 Å². The highest BCUT2D eigenvalue weighted by atomic mass is 32.2. The van der Waals surface area contributed by atoms with Crippen LogP contribution in [0.3, 0.4) is 0 Å².